The van der Waals surface area contributed by atoms with Gasteiger partial charge in [0.05, 0.1) is 0 Å². The van der Waals surface area contributed by atoms with Gasteiger partial charge in [-0.1, -0.05) is 18.3 Å². The maximum Gasteiger partial charge on any atom is 0.321 e. The van der Waals surface area contributed by atoms with Crippen molar-refractivity contribution in [1.29, 1.82) is 0 Å². The number of carbonyl (C=O) groups is 1. The van der Waals surface area contributed by atoms with Gasteiger partial charge in [-0.3, -0.25) is 10.3 Å². The molecule has 2 heterocycles. The molecule has 6 nitrogen and oxygen atoms in total. The van der Waals surface area contributed by atoms with Gasteiger partial charge in [0, 0.05) is 24.5 Å². The van der Waals surface area contributed by atoms with Crippen molar-refractivity contribution in [3.63, 3.8) is 0 Å². The predicted molar refractivity (Wildman–Crippen MR) is 70.5 cm³/mol. The van der Waals surface area contributed by atoms with E-state index < -0.39 is 0 Å². The number of nitrogens with zero attached hydrogens (tertiary/aromatic N) is 3. The zero-order valence-corrected chi connectivity index (χ0v) is 10.7. The van der Waals surface area contributed by atoms with Crippen LogP contribution in [0.25, 0.3) is 10.6 Å². The fourth-order valence-corrected chi connectivity index (χ4v) is 1.99. The lowest BCUT2D eigenvalue weighted by Gasteiger charge is -2.01. The molecule has 0 aliphatic carbocycles. The monoisotopic (exact) mass is 263 g/mol. The highest BCUT2D eigenvalue weighted by Crippen LogP contribution is 2.25. The van der Waals surface area contributed by atoms with Gasteiger partial charge in [0.15, 0.2) is 5.01 Å². The van der Waals surface area contributed by atoms with Crippen molar-refractivity contribution in [3.8, 4) is 10.6 Å². The first kappa shape index (κ1) is 12.4. The van der Waals surface area contributed by atoms with E-state index in [1.54, 1.807) is 12.4 Å². The van der Waals surface area contributed by atoms with Crippen LogP contribution in [0.15, 0.2) is 24.5 Å². The summed E-state index contributed by atoms with van der Waals surface area (Å²) < 4.78 is 0. The molecule has 2 amide bonds. The summed E-state index contributed by atoms with van der Waals surface area (Å²) in [6, 6.07) is 3.47. The largest absolute Gasteiger partial charge is 0.338 e. The third kappa shape index (κ3) is 3.24. The minimum atomic E-state index is -0.259. The average Bonchev–Trinajstić information content (AvgIpc) is 2.86. The summed E-state index contributed by atoms with van der Waals surface area (Å²) in [5.74, 6) is 0. The summed E-state index contributed by atoms with van der Waals surface area (Å²) >= 11 is 1.31. The molecule has 0 saturated heterocycles. The minimum Gasteiger partial charge on any atom is -0.338 e. The van der Waals surface area contributed by atoms with Gasteiger partial charge in [-0.15, -0.1) is 10.2 Å². The van der Waals surface area contributed by atoms with Crippen molar-refractivity contribution in [3.05, 3.63) is 24.5 Å². The number of hydrogen-bond donors (Lipinski definition) is 2. The number of rotatable bonds is 4. The SMILES string of the molecule is CCCNC(=O)Nc1nnc(-c2cccnc2)s1. The van der Waals surface area contributed by atoms with Crippen LogP contribution in [0.5, 0.6) is 0 Å². The highest BCUT2D eigenvalue weighted by Gasteiger charge is 2.08. The Morgan fingerprint density at radius 2 is 2.33 bits per heavy atom. The molecule has 7 heteroatoms. The van der Waals surface area contributed by atoms with E-state index in [1.807, 2.05) is 19.1 Å². The fraction of sp³-hybridized carbons (Fsp3) is 0.273. The van der Waals surface area contributed by atoms with E-state index >= 15 is 0 Å². The number of hydrogen-bond acceptors (Lipinski definition) is 5. The van der Waals surface area contributed by atoms with Crippen molar-refractivity contribution in [2.75, 3.05) is 11.9 Å². The van der Waals surface area contributed by atoms with Crippen molar-refractivity contribution >= 4 is 22.5 Å². The fourth-order valence-electron chi connectivity index (χ4n) is 1.26. The standard InChI is InChI=1S/C11H13N5OS/c1-2-5-13-10(17)14-11-16-15-9(18-11)8-4-3-6-12-7-8/h3-4,6-7H,2,5H2,1H3,(H2,13,14,16,17). The van der Waals surface area contributed by atoms with E-state index in [-0.39, 0.29) is 6.03 Å². The first-order chi connectivity index (χ1) is 8.79. The van der Waals surface area contributed by atoms with E-state index in [2.05, 4.69) is 25.8 Å². The number of amides is 2. The van der Waals surface area contributed by atoms with Crippen molar-refractivity contribution in [1.82, 2.24) is 20.5 Å². The Morgan fingerprint density at radius 3 is 3.06 bits per heavy atom. The molecule has 0 radical (unpaired) electrons. The molecule has 2 N–H and O–H groups in total. The Balaban J connectivity index is 2.00. The summed E-state index contributed by atoms with van der Waals surface area (Å²) in [5.41, 5.74) is 0.886. The van der Waals surface area contributed by atoms with Crippen LogP contribution in [0, 0.1) is 0 Å². The normalized spacial score (nSPS) is 10.1. The molecule has 0 aliphatic heterocycles. The van der Waals surface area contributed by atoms with Gasteiger partial charge in [0.25, 0.3) is 0 Å². The highest BCUT2D eigenvalue weighted by atomic mass is 32.1. The van der Waals surface area contributed by atoms with Crippen molar-refractivity contribution in [2.45, 2.75) is 13.3 Å². The molecule has 0 saturated carbocycles. The molecule has 94 valence electrons. The molecule has 2 rings (SSSR count). The van der Waals surface area contributed by atoms with Gasteiger partial charge in [0.2, 0.25) is 5.13 Å². The molecule has 0 bridgehead atoms. The van der Waals surface area contributed by atoms with Crippen LogP contribution in [0.4, 0.5) is 9.93 Å². The molecular weight excluding hydrogens is 250 g/mol. The molecule has 18 heavy (non-hydrogen) atoms. The number of urea groups is 1. The van der Waals surface area contributed by atoms with Crippen molar-refractivity contribution in [2.24, 2.45) is 0 Å². The average molecular weight is 263 g/mol. The van der Waals surface area contributed by atoms with Crippen LogP contribution in [0.2, 0.25) is 0 Å². The quantitative estimate of drug-likeness (QED) is 0.885. The van der Waals surface area contributed by atoms with Crippen LogP contribution in [-0.4, -0.2) is 27.8 Å². The molecule has 2 aromatic rings. The van der Waals surface area contributed by atoms with Crippen LogP contribution in [0.1, 0.15) is 13.3 Å². The lowest BCUT2D eigenvalue weighted by molar-refractivity contribution is 0.252. The summed E-state index contributed by atoms with van der Waals surface area (Å²) in [5, 5.41) is 14.5. The topological polar surface area (TPSA) is 79.8 Å². The van der Waals surface area contributed by atoms with Crippen LogP contribution >= 0.6 is 11.3 Å². The Kier molecular flexibility index (Phi) is 4.19. The van der Waals surface area contributed by atoms with Gasteiger partial charge in [0.1, 0.15) is 0 Å². The van der Waals surface area contributed by atoms with Gasteiger partial charge < -0.3 is 5.32 Å². The molecule has 0 fully saturated rings. The van der Waals surface area contributed by atoms with E-state index in [1.165, 1.54) is 11.3 Å². The predicted octanol–water partition coefficient (Wildman–Crippen LogP) is 2.13. The van der Waals surface area contributed by atoms with E-state index in [9.17, 15) is 4.79 Å². The van der Waals surface area contributed by atoms with Crippen molar-refractivity contribution < 1.29 is 4.79 Å². The number of aromatic nitrogens is 3. The van der Waals surface area contributed by atoms with Gasteiger partial charge in [-0.05, 0) is 18.6 Å². The summed E-state index contributed by atoms with van der Waals surface area (Å²) in [4.78, 5) is 15.4. The van der Waals surface area contributed by atoms with Gasteiger partial charge in [-0.2, -0.15) is 0 Å². The highest BCUT2D eigenvalue weighted by molar-refractivity contribution is 7.18. The molecule has 0 unspecified atom stereocenters. The van der Waals surface area contributed by atoms with Crippen LogP contribution < -0.4 is 10.6 Å². The number of pyridine rings is 1. The Hall–Kier alpha value is -2.02. The maximum absolute atomic E-state index is 11.4. The molecule has 2 aromatic heterocycles. The second kappa shape index (κ2) is 6.06. The third-order valence-electron chi connectivity index (χ3n) is 2.09. The molecule has 0 aromatic carbocycles. The summed E-state index contributed by atoms with van der Waals surface area (Å²) in [7, 11) is 0. The first-order valence-electron chi connectivity index (χ1n) is 5.58. The number of carbonyl (C=O) groups excluding carboxylic acids is 1. The zero-order chi connectivity index (χ0) is 12.8. The third-order valence-corrected chi connectivity index (χ3v) is 2.98. The lowest BCUT2D eigenvalue weighted by atomic mass is 10.3. The number of anilines is 1. The lowest BCUT2D eigenvalue weighted by Crippen LogP contribution is -2.29. The Morgan fingerprint density at radius 1 is 1.44 bits per heavy atom. The second-order valence-electron chi connectivity index (χ2n) is 3.53. The van der Waals surface area contributed by atoms with E-state index in [0.717, 1.165) is 17.0 Å². The Bertz CT molecular complexity index is 513. The van der Waals surface area contributed by atoms with Gasteiger partial charge >= 0.3 is 6.03 Å². The number of nitrogens with one attached hydrogen (secondary N) is 2. The minimum absolute atomic E-state index is 0.259. The molecule has 0 aliphatic rings. The first-order valence-corrected chi connectivity index (χ1v) is 6.40. The smallest absolute Gasteiger partial charge is 0.321 e. The zero-order valence-electron chi connectivity index (χ0n) is 9.88. The summed E-state index contributed by atoms with van der Waals surface area (Å²) in [6.45, 7) is 2.63. The van der Waals surface area contributed by atoms with E-state index in [0.29, 0.717) is 11.7 Å². The Labute approximate surface area is 108 Å². The van der Waals surface area contributed by atoms with Gasteiger partial charge in [-0.25, -0.2) is 4.79 Å². The van der Waals surface area contributed by atoms with Crippen LogP contribution in [0.3, 0.4) is 0 Å². The maximum atomic E-state index is 11.4. The van der Waals surface area contributed by atoms with Crippen LogP contribution in [-0.2, 0) is 0 Å². The second-order valence-corrected chi connectivity index (χ2v) is 4.51. The summed E-state index contributed by atoms with van der Waals surface area (Å²) in [6.07, 6.45) is 4.30. The molecule has 0 spiro atoms. The molecule has 0 atom stereocenters. The molecular formula is C11H13N5OS. The van der Waals surface area contributed by atoms with E-state index in [4.69, 9.17) is 0 Å².